The van der Waals surface area contributed by atoms with Crippen LogP contribution in [0.1, 0.15) is 17.2 Å². The summed E-state index contributed by atoms with van der Waals surface area (Å²) in [6, 6.07) is 11.8. The van der Waals surface area contributed by atoms with Crippen LogP contribution in [0.3, 0.4) is 0 Å². The maximum atomic E-state index is 6.15. The van der Waals surface area contributed by atoms with Gasteiger partial charge < -0.3 is 10.1 Å². The number of hydrogen-bond donors (Lipinski definition) is 1. The Morgan fingerprint density at radius 1 is 1.10 bits per heavy atom. The highest BCUT2D eigenvalue weighted by Crippen LogP contribution is 2.34. The van der Waals surface area contributed by atoms with Crippen molar-refractivity contribution in [3.8, 4) is 5.75 Å². The molecule has 0 saturated carbocycles. The first kappa shape index (κ1) is 15.8. The summed E-state index contributed by atoms with van der Waals surface area (Å²) in [6.45, 7) is 0. The Kier molecular flexibility index (Phi) is 5.49. The Labute approximate surface area is 140 Å². The van der Waals surface area contributed by atoms with Crippen molar-refractivity contribution < 1.29 is 4.74 Å². The lowest BCUT2D eigenvalue weighted by molar-refractivity contribution is 0.405. The fourth-order valence-electron chi connectivity index (χ4n) is 2.17. The summed E-state index contributed by atoms with van der Waals surface area (Å²) >= 11 is 13.1. The molecule has 0 saturated heterocycles. The molecule has 0 spiro atoms. The molecule has 0 bridgehead atoms. The van der Waals surface area contributed by atoms with Crippen molar-refractivity contribution in [2.75, 3.05) is 14.2 Å². The highest BCUT2D eigenvalue weighted by atomic mass is 79.9. The molecule has 0 aromatic heterocycles. The molecule has 1 atom stereocenters. The highest BCUT2D eigenvalue weighted by Gasteiger charge is 2.18. The van der Waals surface area contributed by atoms with Crippen molar-refractivity contribution in [2.45, 2.75) is 6.04 Å². The van der Waals surface area contributed by atoms with Crippen LogP contribution in [0.2, 0.25) is 5.02 Å². The zero-order valence-corrected chi connectivity index (χ0v) is 15.0. The van der Waals surface area contributed by atoms with Gasteiger partial charge in [0.25, 0.3) is 0 Å². The van der Waals surface area contributed by atoms with E-state index in [9.17, 15) is 0 Å². The first-order valence-corrected chi connectivity index (χ1v) is 7.98. The molecule has 0 heterocycles. The van der Waals surface area contributed by atoms with Crippen LogP contribution in [0.25, 0.3) is 0 Å². The average molecular weight is 420 g/mol. The highest BCUT2D eigenvalue weighted by molar-refractivity contribution is 9.10. The van der Waals surface area contributed by atoms with Gasteiger partial charge in [-0.25, -0.2) is 0 Å². The van der Waals surface area contributed by atoms with Crippen LogP contribution in [-0.4, -0.2) is 14.2 Å². The minimum atomic E-state index is -0.00236. The molecule has 106 valence electrons. The maximum Gasteiger partial charge on any atom is 0.124 e. The Bertz CT molecular complexity index is 599. The largest absolute Gasteiger partial charge is 0.496 e. The molecule has 2 aromatic rings. The van der Waals surface area contributed by atoms with E-state index in [2.05, 4.69) is 43.2 Å². The third-order valence-corrected chi connectivity index (χ3v) is 4.18. The van der Waals surface area contributed by atoms with Gasteiger partial charge in [0.2, 0.25) is 0 Å². The molecule has 0 amide bonds. The van der Waals surface area contributed by atoms with Crippen LogP contribution < -0.4 is 10.1 Å². The molecular formula is C15H14Br2ClNO. The summed E-state index contributed by atoms with van der Waals surface area (Å²) in [4.78, 5) is 0. The van der Waals surface area contributed by atoms with E-state index in [1.165, 1.54) is 0 Å². The zero-order chi connectivity index (χ0) is 14.7. The minimum Gasteiger partial charge on any atom is -0.496 e. The van der Waals surface area contributed by atoms with Gasteiger partial charge >= 0.3 is 0 Å². The molecule has 2 aromatic carbocycles. The number of methoxy groups -OCH3 is 1. The molecule has 0 fully saturated rings. The van der Waals surface area contributed by atoms with Crippen molar-refractivity contribution in [3.05, 3.63) is 61.5 Å². The number of ether oxygens (including phenoxy) is 1. The van der Waals surface area contributed by atoms with Gasteiger partial charge in [-0.05, 0) is 49.0 Å². The minimum absolute atomic E-state index is 0.00236. The summed E-state index contributed by atoms with van der Waals surface area (Å²) in [5, 5.41) is 4.01. The predicted molar refractivity (Wildman–Crippen MR) is 90.7 cm³/mol. The van der Waals surface area contributed by atoms with E-state index < -0.39 is 0 Å². The molecule has 0 aliphatic carbocycles. The summed E-state index contributed by atoms with van der Waals surface area (Å²) in [7, 11) is 3.59. The van der Waals surface area contributed by atoms with Crippen molar-refractivity contribution >= 4 is 43.5 Å². The van der Waals surface area contributed by atoms with Crippen LogP contribution in [0.4, 0.5) is 0 Å². The molecule has 5 heteroatoms. The third kappa shape index (κ3) is 3.55. The van der Waals surface area contributed by atoms with E-state index >= 15 is 0 Å². The maximum absolute atomic E-state index is 6.15. The fraction of sp³-hybridized carbons (Fsp3) is 0.200. The van der Waals surface area contributed by atoms with E-state index in [1.54, 1.807) is 7.11 Å². The molecule has 0 aliphatic heterocycles. The van der Waals surface area contributed by atoms with Crippen molar-refractivity contribution in [1.29, 1.82) is 0 Å². The fourth-order valence-corrected chi connectivity index (χ4v) is 3.44. The van der Waals surface area contributed by atoms with E-state index in [1.807, 2.05) is 37.4 Å². The lowest BCUT2D eigenvalue weighted by Gasteiger charge is -2.20. The summed E-state index contributed by atoms with van der Waals surface area (Å²) < 4.78 is 7.42. The predicted octanol–water partition coefficient (Wildman–Crippen LogP) is 5.18. The standard InChI is InChI=1S/C15H14Br2ClNO/c1-19-15(9-5-11(17)7-12(18)6-9)13-8-10(16)3-4-14(13)20-2/h3-8,15,19H,1-2H3. The number of benzene rings is 2. The second kappa shape index (κ2) is 6.94. The summed E-state index contributed by atoms with van der Waals surface area (Å²) in [5.74, 6) is 0.837. The van der Waals surface area contributed by atoms with Crippen molar-refractivity contribution in [3.63, 3.8) is 0 Å². The van der Waals surface area contributed by atoms with Gasteiger partial charge in [-0.3, -0.25) is 0 Å². The molecule has 0 aliphatic rings. The average Bonchev–Trinajstić information content (AvgIpc) is 2.39. The Hall–Kier alpha value is -0.550. The first-order valence-electron chi connectivity index (χ1n) is 6.02. The van der Waals surface area contributed by atoms with Gasteiger partial charge in [-0.1, -0.05) is 43.5 Å². The lowest BCUT2D eigenvalue weighted by Crippen LogP contribution is -2.18. The number of nitrogens with one attached hydrogen (secondary N) is 1. The quantitative estimate of drug-likeness (QED) is 0.737. The van der Waals surface area contributed by atoms with E-state index in [0.717, 1.165) is 25.8 Å². The number of hydrogen-bond acceptors (Lipinski definition) is 2. The Morgan fingerprint density at radius 3 is 2.45 bits per heavy atom. The summed E-state index contributed by atoms with van der Waals surface area (Å²) in [5.41, 5.74) is 2.13. The molecule has 2 nitrogen and oxygen atoms in total. The van der Waals surface area contributed by atoms with Crippen LogP contribution in [0, 0.1) is 0 Å². The van der Waals surface area contributed by atoms with Crippen LogP contribution >= 0.6 is 43.5 Å². The van der Waals surface area contributed by atoms with Gasteiger partial charge in [0.15, 0.2) is 0 Å². The molecular weight excluding hydrogens is 405 g/mol. The van der Waals surface area contributed by atoms with Crippen LogP contribution in [0.15, 0.2) is 45.3 Å². The molecule has 20 heavy (non-hydrogen) atoms. The molecule has 0 radical (unpaired) electrons. The van der Waals surface area contributed by atoms with Crippen molar-refractivity contribution in [1.82, 2.24) is 5.32 Å². The summed E-state index contributed by atoms with van der Waals surface area (Å²) in [6.07, 6.45) is 0. The smallest absolute Gasteiger partial charge is 0.124 e. The second-order valence-electron chi connectivity index (χ2n) is 4.31. The molecule has 1 unspecified atom stereocenters. The second-order valence-corrected chi connectivity index (χ2v) is 6.58. The number of rotatable bonds is 4. The van der Waals surface area contributed by atoms with Crippen molar-refractivity contribution in [2.24, 2.45) is 0 Å². The topological polar surface area (TPSA) is 21.3 Å². The zero-order valence-electron chi connectivity index (χ0n) is 11.1. The van der Waals surface area contributed by atoms with E-state index in [0.29, 0.717) is 5.02 Å². The van der Waals surface area contributed by atoms with Gasteiger partial charge in [-0.2, -0.15) is 0 Å². The SMILES string of the molecule is CNC(c1cc(Cl)cc(Br)c1)c1cc(Br)ccc1OC. The van der Waals surface area contributed by atoms with Gasteiger partial charge in [0.1, 0.15) is 5.75 Å². The van der Waals surface area contributed by atoms with Crippen LogP contribution in [0.5, 0.6) is 5.75 Å². The molecule has 2 rings (SSSR count). The van der Waals surface area contributed by atoms with Gasteiger partial charge in [0.05, 0.1) is 13.2 Å². The van der Waals surface area contributed by atoms with Gasteiger partial charge in [0, 0.05) is 19.5 Å². The Morgan fingerprint density at radius 2 is 1.85 bits per heavy atom. The third-order valence-electron chi connectivity index (χ3n) is 3.01. The van der Waals surface area contributed by atoms with E-state index in [-0.39, 0.29) is 6.04 Å². The molecule has 1 N–H and O–H groups in total. The number of halogens is 3. The Balaban J connectivity index is 2.54. The lowest BCUT2D eigenvalue weighted by atomic mass is 9.98. The first-order chi connectivity index (χ1) is 9.55. The van der Waals surface area contributed by atoms with Crippen LogP contribution in [-0.2, 0) is 0 Å². The normalized spacial score (nSPS) is 12.2. The monoisotopic (exact) mass is 417 g/mol. The van der Waals surface area contributed by atoms with E-state index in [4.69, 9.17) is 16.3 Å². The van der Waals surface area contributed by atoms with Gasteiger partial charge in [-0.15, -0.1) is 0 Å².